The summed E-state index contributed by atoms with van der Waals surface area (Å²) in [5.74, 6) is 0.975. The Bertz CT molecular complexity index is 317. The van der Waals surface area contributed by atoms with Crippen molar-refractivity contribution in [2.75, 3.05) is 6.54 Å². The highest BCUT2D eigenvalue weighted by Gasteiger charge is 2.29. The van der Waals surface area contributed by atoms with Gasteiger partial charge in [0, 0.05) is 23.7 Å². The molecule has 1 aromatic heterocycles. The standard InChI is InChI=1S/C13H22N2S/c1-3-4-13(11-5-6-11)14-8-7-12-9-15-10(2)16-12/h9,11,13-14H,3-8H2,1-2H3. The van der Waals surface area contributed by atoms with Crippen molar-refractivity contribution >= 4 is 11.3 Å². The highest BCUT2D eigenvalue weighted by molar-refractivity contribution is 7.11. The lowest BCUT2D eigenvalue weighted by molar-refractivity contribution is 0.434. The van der Waals surface area contributed by atoms with E-state index in [2.05, 4.69) is 24.1 Å². The molecular weight excluding hydrogens is 216 g/mol. The molecule has 0 aliphatic heterocycles. The Morgan fingerprint density at radius 2 is 2.38 bits per heavy atom. The molecule has 1 atom stereocenters. The molecule has 0 aromatic carbocycles. The fraction of sp³-hybridized carbons (Fsp3) is 0.769. The normalized spacial score (nSPS) is 17.6. The van der Waals surface area contributed by atoms with Crippen LogP contribution in [-0.4, -0.2) is 17.6 Å². The summed E-state index contributed by atoms with van der Waals surface area (Å²) in [6, 6.07) is 0.777. The molecule has 1 aliphatic carbocycles. The first-order chi connectivity index (χ1) is 7.79. The van der Waals surface area contributed by atoms with Gasteiger partial charge in [0.05, 0.1) is 5.01 Å². The fourth-order valence-electron chi connectivity index (χ4n) is 2.22. The average Bonchev–Trinajstić information content (AvgIpc) is 3.02. The van der Waals surface area contributed by atoms with Crippen LogP contribution in [0.5, 0.6) is 0 Å². The molecular formula is C13H22N2S. The maximum atomic E-state index is 4.29. The van der Waals surface area contributed by atoms with Crippen molar-refractivity contribution in [3.05, 3.63) is 16.1 Å². The Kier molecular flexibility index (Phi) is 4.36. The molecule has 0 bridgehead atoms. The topological polar surface area (TPSA) is 24.9 Å². The third kappa shape index (κ3) is 3.56. The van der Waals surface area contributed by atoms with Crippen LogP contribution in [0.1, 0.15) is 42.5 Å². The van der Waals surface area contributed by atoms with E-state index >= 15 is 0 Å². The van der Waals surface area contributed by atoms with Crippen LogP contribution in [0.25, 0.3) is 0 Å². The lowest BCUT2D eigenvalue weighted by atomic mass is 10.1. The van der Waals surface area contributed by atoms with Gasteiger partial charge in [-0.1, -0.05) is 13.3 Å². The molecule has 1 fully saturated rings. The Morgan fingerprint density at radius 3 is 2.94 bits per heavy atom. The zero-order chi connectivity index (χ0) is 11.4. The van der Waals surface area contributed by atoms with Gasteiger partial charge in [0.15, 0.2) is 0 Å². The minimum absolute atomic E-state index is 0.777. The highest BCUT2D eigenvalue weighted by Crippen LogP contribution is 2.34. The Balaban J connectivity index is 1.69. The Morgan fingerprint density at radius 1 is 1.56 bits per heavy atom. The van der Waals surface area contributed by atoms with Crippen molar-refractivity contribution in [2.45, 2.75) is 52.0 Å². The van der Waals surface area contributed by atoms with E-state index in [1.54, 1.807) is 0 Å². The first-order valence-corrected chi connectivity index (χ1v) is 7.26. The summed E-state index contributed by atoms with van der Waals surface area (Å²) in [5, 5.41) is 4.90. The van der Waals surface area contributed by atoms with E-state index < -0.39 is 0 Å². The van der Waals surface area contributed by atoms with Gasteiger partial charge in [0.1, 0.15) is 0 Å². The molecule has 3 heteroatoms. The SMILES string of the molecule is CCCC(NCCc1cnc(C)s1)C1CC1. The van der Waals surface area contributed by atoms with E-state index in [0.717, 1.165) is 24.9 Å². The fourth-order valence-corrected chi connectivity index (χ4v) is 3.01. The van der Waals surface area contributed by atoms with Crippen LogP contribution in [0.15, 0.2) is 6.20 Å². The molecule has 0 radical (unpaired) electrons. The van der Waals surface area contributed by atoms with E-state index in [1.165, 1.54) is 35.6 Å². The van der Waals surface area contributed by atoms with E-state index in [1.807, 2.05) is 17.5 Å². The van der Waals surface area contributed by atoms with Gasteiger partial charge in [-0.15, -0.1) is 11.3 Å². The lowest BCUT2D eigenvalue weighted by Crippen LogP contribution is -2.32. The van der Waals surface area contributed by atoms with Crippen molar-refractivity contribution in [1.29, 1.82) is 0 Å². The molecule has 0 spiro atoms. The summed E-state index contributed by atoms with van der Waals surface area (Å²) >= 11 is 1.83. The molecule has 1 saturated carbocycles. The summed E-state index contributed by atoms with van der Waals surface area (Å²) in [6.45, 7) is 5.47. The van der Waals surface area contributed by atoms with Gasteiger partial charge >= 0.3 is 0 Å². The predicted molar refractivity (Wildman–Crippen MR) is 70.0 cm³/mol. The largest absolute Gasteiger partial charge is 0.313 e. The molecule has 90 valence electrons. The summed E-state index contributed by atoms with van der Waals surface area (Å²) in [7, 11) is 0. The monoisotopic (exact) mass is 238 g/mol. The predicted octanol–water partition coefficient (Wildman–Crippen LogP) is 3.16. The molecule has 0 saturated heterocycles. The number of rotatable bonds is 7. The second-order valence-electron chi connectivity index (χ2n) is 4.78. The number of thiazole rings is 1. The number of aromatic nitrogens is 1. The molecule has 1 N–H and O–H groups in total. The second kappa shape index (κ2) is 5.78. The first kappa shape index (κ1) is 12.1. The summed E-state index contributed by atoms with van der Waals surface area (Å²) in [5.41, 5.74) is 0. The number of nitrogens with one attached hydrogen (secondary N) is 1. The molecule has 2 nitrogen and oxygen atoms in total. The average molecular weight is 238 g/mol. The van der Waals surface area contributed by atoms with Crippen molar-refractivity contribution in [2.24, 2.45) is 5.92 Å². The van der Waals surface area contributed by atoms with Crippen molar-refractivity contribution < 1.29 is 0 Å². The zero-order valence-corrected chi connectivity index (χ0v) is 11.1. The zero-order valence-electron chi connectivity index (χ0n) is 10.3. The van der Waals surface area contributed by atoms with Gasteiger partial charge in [0.2, 0.25) is 0 Å². The Hall–Kier alpha value is -0.410. The van der Waals surface area contributed by atoms with Gasteiger partial charge in [-0.05, 0) is 38.5 Å². The number of nitrogens with zero attached hydrogens (tertiary/aromatic N) is 1. The summed E-state index contributed by atoms with van der Waals surface area (Å²) in [4.78, 5) is 5.70. The van der Waals surface area contributed by atoms with Crippen molar-refractivity contribution in [3.8, 4) is 0 Å². The molecule has 1 unspecified atom stereocenters. The minimum Gasteiger partial charge on any atom is -0.313 e. The lowest BCUT2D eigenvalue weighted by Gasteiger charge is -2.16. The van der Waals surface area contributed by atoms with E-state index in [9.17, 15) is 0 Å². The molecule has 2 rings (SSSR count). The van der Waals surface area contributed by atoms with E-state index in [0.29, 0.717) is 0 Å². The molecule has 0 amide bonds. The van der Waals surface area contributed by atoms with E-state index in [-0.39, 0.29) is 0 Å². The third-order valence-corrected chi connectivity index (χ3v) is 4.21. The van der Waals surface area contributed by atoms with Gasteiger partial charge in [-0.25, -0.2) is 4.98 Å². The smallest absolute Gasteiger partial charge is 0.0896 e. The van der Waals surface area contributed by atoms with Crippen LogP contribution >= 0.6 is 11.3 Å². The summed E-state index contributed by atoms with van der Waals surface area (Å²) in [6.07, 6.45) is 8.68. The molecule has 1 heterocycles. The second-order valence-corrected chi connectivity index (χ2v) is 6.10. The first-order valence-electron chi connectivity index (χ1n) is 6.44. The van der Waals surface area contributed by atoms with Gasteiger partial charge in [-0.2, -0.15) is 0 Å². The van der Waals surface area contributed by atoms with Crippen LogP contribution in [-0.2, 0) is 6.42 Å². The van der Waals surface area contributed by atoms with Crippen molar-refractivity contribution in [1.82, 2.24) is 10.3 Å². The van der Waals surface area contributed by atoms with Crippen LogP contribution in [0.2, 0.25) is 0 Å². The maximum absolute atomic E-state index is 4.29. The minimum atomic E-state index is 0.777. The van der Waals surface area contributed by atoms with Gasteiger partial charge in [0.25, 0.3) is 0 Å². The number of hydrogen-bond donors (Lipinski definition) is 1. The van der Waals surface area contributed by atoms with Crippen LogP contribution < -0.4 is 5.32 Å². The third-order valence-electron chi connectivity index (χ3n) is 3.24. The molecule has 16 heavy (non-hydrogen) atoms. The van der Waals surface area contributed by atoms with E-state index in [4.69, 9.17) is 0 Å². The molecule has 1 aromatic rings. The number of aryl methyl sites for hydroxylation is 1. The quantitative estimate of drug-likeness (QED) is 0.789. The van der Waals surface area contributed by atoms with Crippen LogP contribution in [0.4, 0.5) is 0 Å². The van der Waals surface area contributed by atoms with Gasteiger partial charge in [-0.3, -0.25) is 0 Å². The van der Waals surface area contributed by atoms with Crippen molar-refractivity contribution in [3.63, 3.8) is 0 Å². The Labute approximate surface area is 102 Å². The van der Waals surface area contributed by atoms with Crippen LogP contribution in [0, 0.1) is 12.8 Å². The van der Waals surface area contributed by atoms with Gasteiger partial charge < -0.3 is 5.32 Å². The highest BCUT2D eigenvalue weighted by atomic mass is 32.1. The summed E-state index contributed by atoms with van der Waals surface area (Å²) < 4.78 is 0. The maximum Gasteiger partial charge on any atom is 0.0896 e. The number of hydrogen-bond acceptors (Lipinski definition) is 3. The van der Waals surface area contributed by atoms with Crippen LogP contribution in [0.3, 0.4) is 0 Å². The molecule has 1 aliphatic rings.